The van der Waals surface area contributed by atoms with Gasteiger partial charge in [-0.05, 0) is 48.9 Å². The largest absolute Gasteiger partial charge is 0.330 e. The Bertz CT molecular complexity index is 573. The van der Waals surface area contributed by atoms with E-state index in [-0.39, 0.29) is 0 Å². The van der Waals surface area contributed by atoms with E-state index in [1.54, 1.807) is 12.1 Å². The highest BCUT2D eigenvalue weighted by Crippen LogP contribution is 2.18. The van der Waals surface area contributed by atoms with Crippen molar-refractivity contribution >= 4 is 41.1 Å². The van der Waals surface area contributed by atoms with E-state index in [0.717, 1.165) is 11.4 Å². The third-order valence-electron chi connectivity index (χ3n) is 2.41. The van der Waals surface area contributed by atoms with Crippen LogP contribution in [0.15, 0.2) is 42.5 Å². The van der Waals surface area contributed by atoms with E-state index in [1.807, 2.05) is 24.3 Å². The molecule has 0 fully saturated rings. The topological polar surface area (TPSA) is 43.1 Å². The van der Waals surface area contributed by atoms with Gasteiger partial charge in [0.05, 0.1) is 5.02 Å². The van der Waals surface area contributed by atoms with Gasteiger partial charge in [-0.1, -0.05) is 46.9 Å². The lowest BCUT2D eigenvalue weighted by Gasteiger charge is -1.96. The zero-order chi connectivity index (χ0) is 15.0. The molecule has 2 rings (SSSR count). The first kappa shape index (κ1) is 17.0. The molecule has 0 bridgehead atoms. The van der Waals surface area contributed by atoms with Crippen molar-refractivity contribution in [2.75, 3.05) is 6.54 Å². The molecule has 0 spiro atoms. The van der Waals surface area contributed by atoms with Gasteiger partial charge in [0.2, 0.25) is 0 Å². The summed E-state index contributed by atoms with van der Waals surface area (Å²) in [7, 11) is 0. The second kappa shape index (κ2) is 8.98. The average Bonchev–Trinajstić information content (AvgIpc) is 2.40. The van der Waals surface area contributed by atoms with Crippen molar-refractivity contribution in [2.45, 2.75) is 6.42 Å². The van der Waals surface area contributed by atoms with Crippen molar-refractivity contribution in [2.24, 2.45) is 5.73 Å². The van der Waals surface area contributed by atoms with Crippen molar-refractivity contribution in [3.05, 3.63) is 68.7 Å². The molecule has 2 N–H and O–H groups in total. The predicted molar refractivity (Wildman–Crippen MR) is 86.1 cm³/mol. The van der Waals surface area contributed by atoms with E-state index in [0.29, 0.717) is 28.4 Å². The molecule has 0 heterocycles. The minimum atomic E-state index is 0.391. The number of hydrogen-bond donors (Lipinski definition) is 1. The van der Waals surface area contributed by atoms with Crippen LogP contribution in [-0.2, 0) is 6.42 Å². The highest BCUT2D eigenvalue weighted by molar-refractivity contribution is 6.36. The minimum absolute atomic E-state index is 0.391. The Morgan fingerprint density at radius 2 is 1.70 bits per heavy atom. The van der Waals surface area contributed by atoms with Gasteiger partial charge in [-0.15, -0.1) is 0 Å². The Balaban J connectivity index is 0.000000200. The van der Waals surface area contributed by atoms with Crippen LogP contribution in [0.1, 0.15) is 15.9 Å². The molecule has 0 aliphatic carbocycles. The van der Waals surface area contributed by atoms with Crippen LogP contribution in [0.3, 0.4) is 0 Å². The Labute approximate surface area is 133 Å². The average molecular weight is 331 g/mol. The van der Waals surface area contributed by atoms with Crippen molar-refractivity contribution < 1.29 is 4.79 Å². The van der Waals surface area contributed by atoms with Crippen LogP contribution in [0.5, 0.6) is 0 Å². The van der Waals surface area contributed by atoms with E-state index in [2.05, 4.69) is 0 Å². The van der Waals surface area contributed by atoms with Crippen LogP contribution in [0.25, 0.3) is 0 Å². The fraction of sp³-hybridized carbons (Fsp3) is 0.133. The summed E-state index contributed by atoms with van der Waals surface area (Å²) >= 11 is 16.9. The maximum absolute atomic E-state index is 10.2. The summed E-state index contributed by atoms with van der Waals surface area (Å²) in [5.74, 6) is 0. The molecule has 0 saturated heterocycles. The van der Waals surface area contributed by atoms with Gasteiger partial charge in [0.1, 0.15) is 0 Å². The molecule has 5 heteroatoms. The summed E-state index contributed by atoms with van der Waals surface area (Å²) in [5.41, 5.74) is 7.04. The van der Waals surface area contributed by atoms with Gasteiger partial charge in [-0.2, -0.15) is 0 Å². The molecule has 0 radical (unpaired) electrons. The van der Waals surface area contributed by atoms with Crippen molar-refractivity contribution in [1.29, 1.82) is 0 Å². The number of carbonyl (C=O) groups is 1. The van der Waals surface area contributed by atoms with Gasteiger partial charge in [0, 0.05) is 15.6 Å². The Hall–Kier alpha value is -1.06. The van der Waals surface area contributed by atoms with Crippen molar-refractivity contribution in [1.82, 2.24) is 0 Å². The predicted octanol–water partition coefficient (Wildman–Crippen LogP) is 4.65. The molecule has 0 unspecified atom stereocenters. The number of carbonyl (C=O) groups excluding carboxylic acids is 1. The number of benzene rings is 2. The van der Waals surface area contributed by atoms with E-state index in [9.17, 15) is 4.79 Å². The fourth-order valence-corrected chi connectivity index (χ4v) is 2.12. The third-order valence-corrected chi connectivity index (χ3v) is 3.21. The van der Waals surface area contributed by atoms with Gasteiger partial charge in [0.15, 0.2) is 6.29 Å². The normalized spacial score (nSPS) is 9.60. The lowest BCUT2D eigenvalue weighted by atomic mass is 10.2. The monoisotopic (exact) mass is 329 g/mol. The summed E-state index contributed by atoms with van der Waals surface area (Å²) in [4.78, 5) is 10.2. The van der Waals surface area contributed by atoms with E-state index in [4.69, 9.17) is 40.5 Å². The molecular formula is C15H14Cl3NO. The van der Waals surface area contributed by atoms with Gasteiger partial charge < -0.3 is 5.73 Å². The molecule has 2 aromatic rings. The van der Waals surface area contributed by atoms with E-state index >= 15 is 0 Å². The molecule has 20 heavy (non-hydrogen) atoms. The van der Waals surface area contributed by atoms with Gasteiger partial charge in [-0.25, -0.2) is 0 Å². The zero-order valence-corrected chi connectivity index (χ0v) is 12.9. The number of aldehydes is 1. The molecule has 0 aromatic heterocycles. The van der Waals surface area contributed by atoms with E-state index in [1.165, 1.54) is 11.6 Å². The Morgan fingerprint density at radius 1 is 1.00 bits per heavy atom. The lowest BCUT2D eigenvalue weighted by molar-refractivity contribution is 0.112. The van der Waals surface area contributed by atoms with Crippen LogP contribution < -0.4 is 5.73 Å². The Kier molecular flexibility index (Phi) is 7.63. The quantitative estimate of drug-likeness (QED) is 0.833. The highest BCUT2D eigenvalue weighted by atomic mass is 35.5. The standard InChI is InChI=1S/C8H10ClN.C7H4Cl2O/c9-8-3-1-2-7(6-8)4-5-10;8-6-2-1-5(4-10)7(9)3-6/h1-3,6H,4-5,10H2;1-4H. The maximum Gasteiger partial charge on any atom is 0.151 e. The molecule has 2 aromatic carbocycles. The Morgan fingerprint density at radius 3 is 2.25 bits per heavy atom. The highest BCUT2D eigenvalue weighted by Gasteiger charge is 1.97. The fourth-order valence-electron chi connectivity index (χ4n) is 1.46. The molecule has 0 aliphatic rings. The number of nitrogens with two attached hydrogens (primary N) is 1. The van der Waals surface area contributed by atoms with Crippen LogP contribution >= 0.6 is 34.8 Å². The van der Waals surface area contributed by atoms with Gasteiger partial charge >= 0.3 is 0 Å². The second-order valence-corrected chi connectivity index (χ2v) is 5.23. The maximum atomic E-state index is 10.2. The molecule has 2 nitrogen and oxygen atoms in total. The number of halogens is 3. The van der Waals surface area contributed by atoms with Crippen LogP contribution in [0.2, 0.25) is 15.1 Å². The summed E-state index contributed by atoms with van der Waals surface area (Å²) in [5, 5.41) is 1.71. The van der Waals surface area contributed by atoms with Crippen molar-refractivity contribution in [3.8, 4) is 0 Å². The first-order chi connectivity index (χ1) is 9.56. The summed E-state index contributed by atoms with van der Waals surface area (Å²) < 4.78 is 0. The van der Waals surface area contributed by atoms with Crippen molar-refractivity contribution in [3.63, 3.8) is 0 Å². The summed E-state index contributed by atoms with van der Waals surface area (Å²) in [6.45, 7) is 0.681. The van der Waals surface area contributed by atoms with Crippen LogP contribution in [0.4, 0.5) is 0 Å². The first-order valence-electron chi connectivity index (χ1n) is 5.91. The SMILES string of the molecule is NCCc1cccc(Cl)c1.O=Cc1ccc(Cl)cc1Cl. The van der Waals surface area contributed by atoms with Crippen LogP contribution in [-0.4, -0.2) is 12.8 Å². The number of rotatable bonds is 3. The molecule has 0 aliphatic heterocycles. The smallest absolute Gasteiger partial charge is 0.151 e. The second-order valence-electron chi connectivity index (χ2n) is 3.95. The molecule has 106 valence electrons. The molecule has 0 atom stereocenters. The number of hydrogen-bond acceptors (Lipinski definition) is 2. The third kappa shape index (κ3) is 5.93. The van der Waals surface area contributed by atoms with Crippen LogP contribution in [0, 0.1) is 0 Å². The van der Waals surface area contributed by atoms with Gasteiger partial charge in [0.25, 0.3) is 0 Å². The zero-order valence-electron chi connectivity index (χ0n) is 10.7. The molecule has 0 amide bonds. The minimum Gasteiger partial charge on any atom is -0.330 e. The lowest BCUT2D eigenvalue weighted by Crippen LogP contribution is -2.02. The first-order valence-corrected chi connectivity index (χ1v) is 7.05. The molecule has 0 saturated carbocycles. The van der Waals surface area contributed by atoms with Gasteiger partial charge in [-0.3, -0.25) is 4.79 Å². The molecular weight excluding hydrogens is 317 g/mol. The summed E-state index contributed by atoms with van der Waals surface area (Å²) in [6, 6.07) is 12.5. The summed E-state index contributed by atoms with van der Waals surface area (Å²) in [6.07, 6.45) is 1.60. The van der Waals surface area contributed by atoms with E-state index < -0.39 is 0 Å².